The fourth-order valence-corrected chi connectivity index (χ4v) is 2.56. The van der Waals surface area contributed by atoms with E-state index in [0.717, 1.165) is 20.7 Å². The second kappa shape index (κ2) is 5.11. The van der Waals surface area contributed by atoms with Crippen molar-refractivity contribution in [1.29, 1.82) is 0 Å². The Morgan fingerprint density at radius 2 is 1.61 bits per heavy atom. The predicted molar refractivity (Wildman–Crippen MR) is 72.6 cm³/mol. The molecule has 5 nitrogen and oxygen atoms in total. The van der Waals surface area contributed by atoms with Gasteiger partial charge >= 0.3 is 0 Å². The van der Waals surface area contributed by atoms with E-state index in [4.69, 9.17) is 0 Å². The third-order valence-electron chi connectivity index (χ3n) is 2.12. The van der Waals surface area contributed by atoms with Gasteiger partial charge in [0.05, 0.1) is 20.4 Å². The van der Waals surface area contributed by atoms with Gasteiger partial charge in [0.2, 0.25) is 0 Å². The van der Waals surface area contributed by atoms with Crippen LogP contribution < -0.4 is 0 Å². The number of nitrogens with zero attached hydrogens (tertiary/aromatic N) is 5. The quantitative estimate of drug-likeness (QED) is 0.493. The highest BCUT2D eigenvalue weighted by Gasteiger charge is 1.92. The topological polar surface area (TPSA) is 64.5 Å². The van der Waals surface area contributed by atoms with Crippen molar-refractivity contribution in [2.75, 3.05) is 0 Å². The maximum absolute atomic E-state index is 4.04. The summed E-state index contributed by atoms with van der Waals surface area (Å²) in [6, 6.07) is 3.93. The molecule has 0 saturated carbocycles. The molecule has 0 bridgehead atoms. The Kier molecular flexibility index (Phi) is 3.16. The van der Waals surface area contributed by atoms with Crippen LogP contribution in [0.15, 0.2) is 41.9 Å². The minimum Gasteiger partial charge on any atom is -0.243 e. The summed E-state index contributed by atoms with van der Waals surface area (Å²) >= 11 is 3.16. The molecule has 0 saturated heterocycles. The van der Waals surface area contributed by atoms with Gasteiger partial charge in [-0.1, -0.05) is 0 Å². The van der Waals surface area contributed by atoms with Crippen molar-refractivity contribution in [3.05, 3.63) is 41.9 Å². The normalized spacial score (nSPS) is 10.2. The van der Waals surface area contributed by atoms with Gasteiger partial charge in [-0.2, -0.15) is 0 Å². The summed E-state index contributed by atoms with van der Waals surface area (Å²) in [7, 11) is 0. The highest BCUT2D eigenvalue weighted by Crippen LogP contribution is 2.13. The maximum atomic E-state index is 4.04. The number of pyridine rings is 1. The van der Waals surface area contributed by atoms with Crippen molar-refractivity contribution < 1.29 is 0 Å². The molecule has 4 aromatic heterocycles. The monoisotopic (exact) mass is 273 g/mol. The van der Waals surface area contributed by atoms with Gasteiger partial charge in [-0.3, -0.25) is 0 Å². The van der Waals surface area contributed by atoms with E-state index in [0.29, 0.717) is 0 Å². The lowest BCUT2D eigenvalue weighted by Crippen LogP contribution is -1.74. The van der Waals surface area contributed by atoms with Crippen LogP contribution in [0.5, 0.6) is 0 Å². The van der Waals surface area contributed by atoms with Gasteiger partial charge in [0.25, 0.3) is 0 Å². The van der Waals surface area contributed by atoms with E-state index in [-0.39, 0.29) is 0 Å². The third-order valence-corrected chi connectivity index (χ3v) is 3.66. The Hall–Kier alpha value is -1.99. The number of rotatable bonds is 0. The molecule has 0 aliphatic carbocycles. The van der Waals surface area contributed by atoms with Gasteiger partial charge < -0.3 is 0 Å². The maximum Gasteiger partial charge on any atom is 0.173 e. The predicted octanol–water partition coefficient (Wildman–Crippen LogP) is 2.78. The molecule has 88 valence electrons. The molecule has 0 aromatic carbocycles. The number of fused-ring (bicyclic) bond motifs is 2. The molecule has 7 heteroatoms. The number of hydrogen-bond acceptors (Lipinski definition) is 7. The van der Waals surface area contributed by atoms with Gasteiger partial charge in [0, 0.05) is 12.4 Å². The Labute approximate surface area is 110 Å². The summed E-state index contributed by atoms with van der Waals surface area (Å²) in [5.74, 6) is 0. The lowest BCUT2D eigenvalue weighted by atomic mass is 10.5. The molecule has 18 heavy (non-hydrogen) atoms. The van der Waals surface area contributed by atoms with E-state index in [2.05, 4.69) is 24.9 Å². The second-order valence-electron chi connectivity index (χ2n) is 3.24. The molecular weight excluding hydrogens is 266 g/mol. The molecule has 0 amide bonds. The van der Waals surface area contributed by atoms with Crippen molar-refractivity contribution >= 4 is 43.4 Å². The van der Waals surface area contributed by atoms with E-state index in [1.165, 1.54) is 6.33 Å². The third kappa shape index (κ3) is 2.31. The number of hydrogen-bond donors (Lipinski definition) is 0. The van der Waals surface area contributed by atoms with E-state index in [1.807, 2.05) is 12.1 Å². The number of thiazole rings is 2. The molecule has 0 atom stereocenters. The van der Waals surface area contributed by atoms with E-state index in [9.17, 15) is 0 Å². The molecule has 4 heterocycles. The zero-order valence-corrected chi connectivity index (χ0v) is 10.7. The van der Waals surface area contributed by atoms with Gasteiger partial charge in [0.15, 0.2) is 11.3 Å². The molecule has 4 aromatic rings. The van der Waals surface area contributed by atoms with E-state index >= 15 is 0 Å². The fourth-order valence-electron chi connectivity index (χ4n) is 1.33. The minimum absolute atomic E-state index is 0.787. The first-order valence-electron chi connectivity index (χ1n) is 5.07. The van der Waals surface area contributed by atoms with Gasteiger partial charge in [0.1, 0.15) is 6.33 Å². The molecule has 0 radical (unpaired) electrons. The van der Waals surface area contributed by atoms with Gasteiger partial charge in [-0.15, -0.1) is 22.7 Å². The Bertz CT molecular complexity index is 637. The van der Waals surface area contributed by atoms with Crippen LogP contribution in [0.2, 0.25) is 0 Å². The first-order valence-corrected chi connectivity index (χ1v) is 6.83. The Morgan fingerprint density at radius 3 is 2.39 bits per heavy atom. The van der Waals surface area contributed by atoms with Crippen LogP contribution in [-0.4, -0.2) is 24.9 Å². The molecule has 0 aliphatic rings. The van der Waals surface area contributed by atoms with Crippen LogP contribution in [0.25, 0.3) is 20.7 Å². The highest BCUT2D eigenvalue weighted by atomic mass is 32.1. The molecule has 0 N–H and O–H groups in total. The van der Waals surface area contributed by atoms with Gasteiger partial charge in [-0.05, 0) is 12.1 Å². The zero-order valence-electron chi connectivity index (χ0n) is 9.09. The van der Waals surface area contributed by atoms with Crippen LogP contribution in [0.3, 0.4) is 0 Å². The van der Waals surface area contributed by atoms with Crippen LogP contribution in [0.1, 0.15) is 0 Å². The summed E-state index contributed by atoms with van der Waals surface area (Å²) in [6.45, 7) is 0. The molecular formula is C11H7N5S2. The first-order chi connectivity index (χ1) is 8.93. The van der Waals surface area contributed by atoms with Crippen LogP contribution in [-0.2, 0) is 0 Å². The standard InChI is InChI=1S/C6H4N2S.C5H3N3S/c1-2-5-6(7-3-1)8-4-9-5;1-4-5(7-2-6-1)8-3-9-4/h1-4H;1-3H. The fraction of sp³-hybridized carbons (Fsp3) is 0. The molecule has 0 aliphatic heterocycles. The summed E-state index contributed by atoms with van der Waals surface area (Å²) in [4.78, 5) is 19.8. The summed E-state index contributed by atoms with van der Waals surface area (Å²) < 4.78 is 2.19. The van der Waals surface area contributed by atoms with Crippen molar-refractivity contribution in [3.63, 3.8) is 0 Å². The van der Waals surface area contributed by atoms with Gasteiger partial charge in [-0.25, -0.2) is 24.9 Å². The van der Waals surface area contributed by atoms with Crippen LogP contribution >= 0.6 is 22.7 Å². The van der Waals surface area contributed by atoms with Crippen LogP contribution in [0.4, 0.5) is 0 Å². The Morgan fingerprint density at radius 1 is 0.833 bits per heavy atom. The second-order valence-corrected chi connectivity index (χ2v) is 5.01. The lowest BCUT2D eigenvalue weighted by Gasteiger charge is -1.79. The smallest absolute Gasteiger partial charge is 0.173 e. The summed E-state index contributed by atoms with van der Waals surface area (Å²) in [6.07, 6.45) is 5.02. The lowest BCUT2D eigenvalue weighted by molar-refractivity contribution is 1.20. The zero-order chi connectivity index (χ0) is 12.2. The largest absolute Gasteiger partial charge is 0.243 e. The van der Waals surface area contributed by atoms with Crippen molar-refractivity contribution in [1.82, 2.24) is 24.9 Å². The van der Waals surface area contributed by atoms with E-state index in [1.54, 1.807) is 46.1 Å². The van der Waals surface area contributed by atoms with Crippen molar-refractivity contribution in [2.24, 2.45) is 0 Å². The average Bonchev–Trinajstić information content (AvgIpc) is 3.08. The van der Waals surface area contributed by atoms with Crippen molar-refractivity contribution in [2.45, 2.75) is 0 Å². The SMILES string of the molecule is c1cnc2ncsc2c1.c1ncc2scnc2n1. The average molecular weight is 273 g/mol. The minimum atomic E-state index is 0.787. The molecule has 0 spiro atoms. The van der Waals surface area contributed by atoms with Crippen LogP contribution in [0, 0.1) is 0 Å². The van der Waals surface area contributed by atoms with Crippen molar-refractivity contribution in [3.8, 4) is 0 Å². The molecule has 0 unspecified atom stereocenters. The molecule has 0 fully saturated rings. The molecule has 4 rings (SSSR count). The first kappa shape index (κ1) is 11.1. The summed E-state index contributed by atoms with van der Waals surface area (Å²) in [5, 5.41) is 0. The number of aromatic nitrogens is 5. The Balaban J connectivity index is 0.000000111. The summed E-state index contributed by atoms with van der Waals surface area (Å²) in [5.41, 5.74) is 5.20. The van der Waals surface area contributed by atoms with E-state index < -0.39 is 0 Å². The highest BCUT2D eigenvalue weighted by molar-refractivity contribution is 7.16.